The lowest BCUT2D eigenvalue weighted by molar-refractivity contribution is 0.465. The summed E-state index contributed by atoms with van der Waals surface area (Å²) >= 11 is 3.73. The van der Waals surface area contributed by atoms with Crippen LogP contribution >= 0.6 is 22.7 Å². The number of ether oxygens (including phenoxy) is 4. The molecular weight excluding hydrogens is 1380 g/mol. The molecule has 9 nitrogen and oxygen atoms in total. The highest BCUT2D eigenvalue weighted by molar-refractivity contribution is 7.29. The first kappa shape index (κ1) is 65.9. The largest absolute Gasteiger partial charge is 0.458 e. The third-order valence-corrected chi connectivity index (χ3v) is 25.8. The lowest BCUT2D eigenvalue weighted by atomic mass is 9.30. The second-order valence-electron chi connectivity index (χ2n) is 31.7. The van der Waals surface area contributed by atoms with Crippen LogP contribution in [-0.2, 0) is 10.8 Å². The van der Waals surface area contributed by atoms with E-state index in [1.807, 2.05) is 22.7 Å². The average Bonchev–Trinajstić information content (AvgIpc) is 1.06. The van der Waals surface area contributed by atoms with Crippen molar-refractivity contribution in [2.75, 3.05) is 24.5 Å². The molecule has 0 saturated carbocycles. The van der Waals surface area contributed by atoms with Crippen molar-refractivity contribution in [2.24, 2.45) is 0 Å². The van der Waals surface area contributed by atoms with Crippen molar-refractivity contribution in [3.8, 4) is 46.0 Å². The minimum Gasteiger partial charge on any atom is -0.458 e. The van der Waals surface area contributed by atoms with E-state index >= 15 is 0 Å². The summed E-state index contributed by atoms with van der Waals surface area (Å²) < 4.78 is 33.0. The molecular formula is C96H74B3N5O4S2. The minimum atomic E-state index is -0.375. The zero-order valence-electron chi connectivity index (χ0n) is 62.3. The topological polar surface area (TPSA) is 53.1 Å². The molecule has 0 unspecified atom stereocenters. The van der Waals surface area contributed by atoms with Crippen LogP contribution < -0.4 is 91.2 Å². The van der Waals surface area contributed by atoms with Crippen LogP contribution in [0.3, 0.4) is 0 Å². The Morgan fingerprint density at radius 1 is 0.255 bits per heavy atom. The third kappa shape index (κ3) is 10.5. The van der Waals surface area contributed by atoms with Crippen LogP contribution in [0, 0.1) is 13.8 Å². The van der Waals surface area contributed by atoms with Gasteiger partial charge in [-0.25, -0.2) is 0 Å². The average molecular weight is 1460 g/mol. The molecule has 13 aromatic carbocycles. The van der Waals surface area contributed by atoms with E-state index in [0.29, 0.717) is 0 Å². The van der Waals surface area contributed by atoms with E-state index < -0.39 is 0 Å². The Morgan fingerprint density at radius 3 is 0.900 bits per heavy atom. The molecule has 528 valence electrons. The Balaban J connectivity index is 0.851. The number of rotatable bonds is 11. The molecule has 0 saturated heterocycles. The van der Waals surface area contributed by atoms with Crippen molar-refractivity contribution in [1.82, 2.24) is 0 Å². The summed E-state index contributed by atoms with van der Waals surface area (Å²) in [6.07, 6.45) is 0. The Morgan fingerprint density at radius 2 is 0.545 bits per heavy atom. The van der Waals surface area contributed by atoms with Gasteiger partial charge >= 0.3 is 0 Å². The first-order chi connectivity index (χ1) is 53.6. The fraction of sp³-hybridized carbons (Fsp3) is 0.104. The van der Waals surface area contributed by atoms with Gasteiger partial charge in [0.05, 0.1) is 17.1 Å². The highest BCUT2D eigenvalue weighted by Gasteiger charge is 2.51. The monoisotopic (exact) mass is 1460 g/mol. The molecule has 0 bridgehead atoms. The lowest BCUT2D eigenvalue weighted by Crippen LogP contribution is -2.64. The van der Waals surface area contributed by atoms with Crippen LogP contribution in [0.2, 0.25) is 0 Å². The van der Waals surface area contributed by atoms with Gasteiger partial charge in [-0.15, -0.1) is 22.7 Å². The van der Waals surface area contributed by atoms with Gasteiger partial charge in [0, 0.05) is 129 Å². The van der Waals surface area contributed by atoms with E-state index in [2.05, 4.69) is 383 Å². The van der Waals surface area contributed by atoms with Crippen LogP contribution in [0.25, 0.3) is 0 Å². The molecule has 15 aromatic rings. The second-order valence-corrected chi connectivity index (χ2v) is 33.8. The zero-order chi connectivity index (χ0) is 74.0. The van der Waals surface area contributed by atoms with Crippen molar-refractivity contribution in [2.45, 2.75) is 66.2 Å². The summed E-state index contributed by atoms with van der Waals surface area (Å²) in [7, 11) is 0. The normalized spacial score (nSPS) is 13.5. The smallest absolute Gasteiger partial charge is 0.273 e. The molecule has 110 heavy (non-hydrogen) atoms. The van der Waals surface area contributed by atoms with Crippen molar-refractivity contribution < 1.29 is 18.9 Å². The van der Waals surface area contributed by atoms with Gasteiger partial charge in [-0.1, -0.05) is 199 Å². The first-order valence-electron chi connectivity index (χ1n) is 37.9. The molecule has 0 atom stereocenters. The van der Waals surface area contributed by atoms with Gasteiger partial charge in [-0.05, 0) is 178 Å². The number of para-hydroxylation sites is 8. The van der Waals surface area contributed by atoms with Crippen LogP contribution in [0.15, 0.2) is 303 Å². The van der Waals surface area contributed by atoms with Gasteiger partial charge in [0.2, 0.25) is 0 Å². The van der Waals surface area contributed by atoms with Gasteiger partial charge in [0.1, 0.15) is 46.0 Å². The molecule has 6 aliphatic rings. The van der Waals surface area contributed by atoms with Crippen molar-refractivity contribution in [3.63, 3.8) is 0 Å². The summed E-state index contributed by atoms with van der Waals surface area (Å²) in [6, 6.07) is 110. The minimum absolute atomic E-state index is 0.160. The molecule has 2 aromatic heterocycles. The Hall–Kier alpha value is -12.3. The molecule has 0 aliphatic carbocycles. The fourth-order valence-electron chi connectivity index (χ4n) is 17.5. The van der Waals surface area contributed by atoms with Gasteiger partial charge in [-0.2, -0.15) is 0 Å². The van der Waals surface area contributed by atoms with Crippen LogP contribution in [0.1, 0.15) is 62.4 Å². The van der Waals surface area contributed by atoms with Crippen molar-refractivity contribution in [1.29, 1.82) is 0 Å². The van der Waals surface area contributed by atoms with Crippen molar-refractivity contribution >= 4 is 176 Å². The number of hydrogen-bond acceptors (Lipinski definition) is 11. The number of hydrogen-bond donors (Lipinski definition) is 0. The highest BCUT2D eigenvalue weighted by Crippen LogP contribution is 2.53. The molecule has 0 amide bonds. The van der Waals surface area contributed by atoms with Crippen LogP contribution in [-0.4, -0.2) is 20.1 Å². The number of aryl methyl sites for hydroxylation is 2. The summed E-state index contributed by atoms with van der Waals surface area (Å²) in [5.41, 5.74) is 24.9. The third-order valence-electron chi connectivity index (χ3n) is 22.6. The molecule has 14 heteroatoms. The standard InChI is InChI=1S/C96H74B3N5O4S2/c1-59-31-27-29-45-74(59)103-76-55-81-73(99-92-84(106-81)51-69(52-85(92)108-87-58-89(96(6,7)8)110-94(87)99)102(65-41-23-13-24-42-65)66-43-25-14-26-44-66)53-70(76)97-72-54-71-77(56-80(72)105-82-49-67(47-78(103)90(82)97)100(61-33-15-9-16-34-61)62-35-17-10-18-36-62)104(75-46-30-28-32-60(75)2)79-48-68(101(63-37-19-11-20-38-63)64-39-21-12-22-40-64)50-83-91(79)98(71)93-86(107-83)57-88(109-93)95(3,4)5/h9-58H,1-8H3. The number of benzene rings is 13. The maximum absolute atomic E-state index is 8.04. The van der Waals surface area contributed by atoms with E-state index in [9.17, 15) is 0 Å². The summed E-state index contributed by atoms with van der Waals surface area (Å²) in [5, 5.41) is 0. The predicted octanol–water partition coefficient (Wildman–Crippen LogP) is 21.0. The maximum Gasteiger partial charge on any atom is 0.273 e. The van der Waals surface area contributed by atoms with Crippen LogP contribution in [0.4, 0.5) is 85.3 Å². The van der Waals surface area contributed by atoms with E-state index in [1.165, 1.54) is 20.0 Å². The number of anilines is 15. The van der Waals surface area contributed by atoms with E-state index in [-0.39, 0.29) is 31.0 Å². The predicted molar refractivity (Wildman–Crippen MR) is 463 cm³/mol. The first-order valence-corrected chi connectivity index (χ1v) is 39.6. The SMILES string of the molecule is Cc1ccccc1N1c2cc3c(cc2B2c4cc5c(cc4Oc4cc(N(c6ccccc6)c6ccccc6)cc1c42)N(c1ccccc1C)c1cc(N(c2ccccc2)c2ccccc2)cc2c1B5c1sc(C(C)(C)C)cc1O2)B1c2sc(C(C)(C)C)cc2Oc2cc(N(c4ccccc4)c4ccccc4)cc(c21)O3. The Kier molecular flexibility index (Phi) is 15.0. The Bertz CT molecular complexity index is 6110. The molecule has 6 aliphatic heterocycles. The Labute approximate surface area is 651 Å². The van der Waals surface area contributed by atoms with Gasteiger partial charge in [-0.3, -0.25) is 0 Å². The molecule has 8 heterocycles. The lowest BCUT2D eigenvalue weighted by Gasteiger charge is -2.44. The van der Waals surface area contributed by atoms with Crippen molar-refractivity contribution in [3.05, 3.63) is 324 Å². The van der Waals surface area contributed by atoms with Gasteiger partial charge in [0.25, 0.3) is 20.1 Å². The number of thiophene rings is 2. The highest BCUT2D eigenvalue weighted by atomic mass is 32.1. The number of fused-ring (bicyclic) bond motifs is 12. The fourth-order valence-corrected chi connectivity index (χ4v) is 20.1. The van der Waals surface area contributed by atoms with E-state index in [1.54, 1.807) is 0 Å². The van der Waals surface area contributed by atoms with E-state index in [4.69, 9.17) is 18.9 Å². The molecule has 0 fully saturated rings. The quantitative estimate of drug-likeness (QED) is 0.118. The van der Waals surface area contributed by atoms with Gasteiger partial charge < -0.3 is 43.4 Å². The second kappa shape index (κ2) is 25.1. The molecule has 0 N–H and O–H groups in total. The van der Waals surface area contributed by atoms with Crippen LogP contribution in [0.5, 0.6) is 46.0 Å². The zero-order valence-corrected chi connectivity index (χ0v) is 63.9. The van der Waals surface area contributed by atoms with Gasteiger partial charge in [0.15, 0.2) is 0 Å². The maximum atomic E-state index is 8.04. The molecule has 0 spiro atoms. The molecule has 21 rings (SSSR count). The number of nitrogens with zero attached hydrogens (tertiary/aromatic N) is 5. The summed E-state index contributed by atoms with van der Waals surface area (Å²) in [6.45, 7) is 17.5. The molecule has 0 radical (unpaired) electrons. The summed E-state index contributed by atoms with van der Waals surface area (Å²) in [4.78, 5) is 14.6. The van der Waals surface area contributed by atoms with E-state index in [0.717, 1.165) is 180 Å². The summed E-state index contributed by atoms with van der Waals surface area (Å²) in [5.74, 6) is 6.47.